The maximum Gasteiger partial charge on any atom is 0.123 e. The lowest BCUT2D eigenvalue weighted by Crippen LogP contribution is -2.46. The van der Waals surface area contributed by atoms with Gasteiger partial charge < -0.3 is 4.74 Å². The fraction of sp³-hybridized carbons (Fsp3) is 0.667. The van der Waals surface area contributed by atoms with Gasteiger partial charge in [0.05, 0.1) is 12.7 Å². The summed E-state index contributed by atoms with van der Waals surface area (Å²) in [5.74, 6) is 1.05. The molecule has 0 atom stereocenters. The Morgan fingerprint density at radius 2 is 1.72 bits per heavy atom. The van der Waals surface area contributed by atoms with Gasteiger partial charge in [0.2, 0.25) is 0 Å². The Bertz CT molecular complexity index is 518. The van der Waals surface area contributed by atoms with Crippen molar-refractivity contribution in [3.63, 3.8) is 0 Å². The molecule has 1 heterocycles. The molecule has 4 heteroatoms. The average molecular weight is 344 g/mol. The van der Waals surface area contributed by atoms with Gasteiger partial charge in [-0.2, -0.15) is 5.26 Å². The minimum atomic E-state index is 0.634. The van der Waals surface area contributed by atoms with E-state index in [-0.39, 0.29) is 0 Å². The van der Waals surface area contributed by atoms with Crippen molar-refractivity contribution >= 4 is 0 Å². The van der Waals surface area contributed by atoms with Gasteiger partial charge in [-0.05, 0) is 12.5 Å². The predicted molar refractivity (Wildman–Crippen MR) is 103 cm³/mol. The van der Waals surface area contributed by atoms with E-state index in [1.54, 1.807) is 0 Å². The maximum absolute atomic E-state index is 8.70. The smallest absolute Gasteiger partial charge is 0.123 e. The van der Waals surface area contributed by atoms with Crippen LogP contribution in [0.1, 0.15) is 51.0 Å². The highest BCUT2D eigenvalue weighted by Gasteiger charge is 2.17. The molecule has 0 unspecified atom stereocenters. The van der Waals surface area contributed by atoms with E-state index < -0.39 is 0 Å². The third-order valence-corrected chi connectivity index (χ3v) is 4.88. The average Bonchev–Trinajstić information content (AvgIpc) is 2.65. The summed E-state index contributed by atoms with van der Waals surface area (Å²) in [5, 5.41) is 8.70. The molecule has 0 spiro atoms. The maximum atomic E-state index is 8.70. The third-order valence-electron chi connectivity index (χ3n) is 4.88. The van der Waals surface area contributed by atoms with Gasteiger partial charge in [-0.25, -0.2) is 0 Å². The third kappa shape index (κ3) is 7.46. The van der Waals surface area contributed by atoms with Crippen molar-refractivity contribution in [1.29, 1.82) is 5.26 Å². The molecule has 0 N–H and O–H groups in total. The van der Waals surface area contributed by atoms with Gasteiger partial charge in [0.25, 0.3) is 0 Å². The molecule has 0 aromatic heterocycles. The molecule has 0 amide bonds. The van der Waals surface area contributed by atoms with Crippen molar-refractivity contribution in [3.8, 4) is 11.8 Å². The number of para-hydroxylation sites is 1. The summed E-state index contributed by atoms with van der Waals surface area (Å²) in [7, 11) is 0. The Kier molecular flexibility index (Phi) is 9.40. The summed E-state index contributed by atoms with van der Waals surface area (Å²) in [6.07, 6.45) is 6.98. The number of ether oxygens (including phenoxy) is 1. The molecule has 0 saturated carbocycles. The van der Waals surface area contributed by atoms with Crippen LogP contribution in [0.4, 0.5) is 0 Å². The molecular weight excluding hydrogens is 310 g/mol. The van der Waals surface area contributed by atoms with Gasteiger partial charge in [-0.3, -0.25) is 9.80 Å². The van der Waals surface area contributed by atoms with Crippen LogP contribution in [-0.2, 0) is 6.54 Å². The largest absolute Gasteiger partial charge is 0.493 e. The highest BCUT2D eigenvalue weighted by Crippen LogP contribution is 2.21. The van der Waals surface area contributed by atoms with Crippen molar-refractivity contribution in [2.45, 2.75) is 52.0 Å². The van der Waals surface area contributed by atoms with Crippen molar-refractivity contribution in [2.24, 2.45) is 0 Å². The lowest BCUT2D eigenvalue weighted by molar-refractivity contribution is 0.128. The Labute approximate surface area is 153 Å². The van der Waals surface area contributed by atoms with Gasteiger partial charge in [0, 0.05) is 51.3 Å². The number of piperazine rings is 1. The van der Waals surface area contributed by atoms with E-state index >= 15 is 0 Å². The fourth-order valence-corrected chi connectivity index (χ4v) is 3.28. The Hall–Kier alpha value is -1.57. The van der Waals surface area contributed by atoms with E-state index in [0.29, 0.717) is 6.42 Å². The number of benzene rings is 1. The normalized spacial score (nSPS) is 15.8. The minimum absolute atomic E-state index is 0.634. The number of hydrogen-bond donors (Lipinski definition) is 0. The van der Waals surface area contributed by atoms with Crippen LogP contribution in [-0.4, -0.2) is 49.1 Å². The first-order valence-electron chi connectivity index (χ1n) is 9.86. The van der Waals surface area contributed by atoms with Crippen LogP contribution in [0.15, 0.2) is 24.3 Å². The second-order valence-corrected chi connectivity index (χ2v) is 6.90. The van der Waals surface area contributed by atoms with Gasteiger partial charge >= 0.3 is 0 Å². The lowest BCUT2D eigenvalue weighted by atomic mass is 10.1. The molecule has 1 aromatic rings. The van der Waals surface area contributed by atoms with E-state index in [1.165, 1.54) is 31.2 Å². The summed E-state index contributed by atoms with van der Waals surface area (Å²) in [6, 6.07) is 10.7. The lowest BCUT2D eigenvalue weighted by Gasteiger charge is -2.34. The van der Waals surface area contributed by atoms with Crippen LogP contribution in [0.25, 0.3) is 0 Å². The van der Waals surface area contributed by atoms with Crippen LogP contribution in [0, 0.1) is 11.3 Å². The first-order valence-corrected chi connectivity index (χ1v) is 9.86. The van der Waals surface area contributed by atoms with Gasteiger partial charge in [-0.1, -0.05) is 50.8 Å². The second-order valence-electron chi connectivity index (χ2n) is 6.90. The highest BCUT2D eigenvalue weighted by molar-refractivity contribution is 5.33. The summed E-state index contributed by atoms with van der Waals surface area (Å²) in [4.78, 5) is 4.88. The number of nitrogens with zero attached hydrogens (tertiary/aromatic N) is 3. The number of rotatable bonds is 11. The fourth-order valence-electron chi connectivity index (χ4n) is 3.28. The molecule has 1 aliphatic heterocycles. The first-order chi connectivity index (χ1) is 12.3. The zero-order valence-electron chi connectivity index (χ0n) is 15.8. The number of hydrogen-bond acceptors (Lipinski definition) is 4. The van der Waals surface area contributed by atoms with Crippen LogP contribution in [0.3, 0.4) is 0 Å². The molecular formula is C21H33N3O. The van der Waals surface area contributed by atoms with E-state index in [2.05, 4.69) is 47.1 Å². The van der Waals surface area contributed by atoms with Gasteiger partial charge in [-0.15, -0.1) is 0 Å². The number of unbranched alkanes of at least 4 members (excludes halogenated alkanes) is 4. The van der Waals surface area contributed by atoms with Crippen molar-refractivity contribution in [1.82, 2.24) is 9.80 Å². The Morgan fingerprint density at radius 1 is 1.00 bits per heavy atom. The summed E-state index contributed by atoms with van der Waals surface area (Å²) < 4.78 is 6.06. The highest BCUT2D eigenvalue weighted by atomic mass is 16.5. The van der Waals surface area contributed by atoms with E-state index in [4.69, 9.17) is 10.00 Å². The van der Waals surface area contributed by atoms with Crippen molar-refractivity contribution in [3.05, 3.63) is 29.8 Å². The summed E-state index contributed by atoms with van der Waals surface area (Å²) in [5.41, 5.74) is 1.29. The molecule has 1 aliphatic rings. The summed E-state index contributed by atoms with van der Waals surface area (Å²) in [6.45, 7) is 9.18. The van der Waals surface area contributed by atoms with Crippen LogP contribution in [0.2, 0.25) is 0 Å². The molecule has 1 fully saturated rings. The quantitative estimate of drug-likeness (QED) is 0.568. The van der Waals surface area contributed by atoms with Crippen molar-refractivity contribution < 1.29 is 4.74 Å². The molecule has 2 rings (SSSR count). The molecule has 0 aliphatic carbocycles. The molecule has 4 nitrogen and oxygen atoms in total. The monoisotopic (exact) mass is 343 g/mol. The van der Waals surface area contributed by atoms with E-state index in [9.17, 15) is 0 Å². The predicted octanol–water partition coefficient (Wildman–Crippen LogP) is 4.07. The van der Waals surface area contributed by atoms with Crippen molar-refractivity contribution in [2.75, 3.05) is 39.3 Å². The van der Waals surface area contributed by atoms with Gasteiger partial charge in [0.1, 0.15) is 5.75 Å². The van der Waals surface area contributed by atoms with Gasteiger partial charge in [0.15, 0.2) is 0 Å². The Balaban J connectivity index is 1.74. The second kappa shape index (κ2) is 11.9. The zero-order valence-corrected chi connectivity index (χ0v) is 15.8. The molecule has 0 radical (unpaired) electrons. The zero-order chi connectivity index (χ0) is 17.7. The van der Waals surface area contributed by atoms with E-state index in [1.807, 2.05) is 0 Å². The van der Waals surface area contributed by atoms with Crippen LogP contribution in [0.5, 0.6) is 5.75 Å². The number of nitriles is 1. The SMILES string of the molecule is CCCCCCCOc1ccccc1CN1CCN(CCC#N)CC1. The molecule has 1 aromatic carbocycles. The Morgan fingerprint density at radius 3 is 2.48 bits per heavy atom. The summed E-state index contributed by atoms with van der Waals surface area (Å²) >= 11 is 0. The van der Waals surface area contributed by atoms with Crippen LogP contribution >= 0.6 is 0 Å². The van der Waals surface area contributed by atoms with Crippen LogP contribution < -0.4 is 4.74 Å². The first kappa shape index (κ1) is 19.8. The standard InChI is InChI=1S/C21H33N3O/c1-2-3-4-5-8-18-25-21-11-7-6-10-20(21)19-24-16-14-23(15-17-24)13-9-12-22/h6-7,10-11H,2-5,8-9,13-19H2,1H3. The topological polar surface area (TPSA) is 39.5 Å². The molecule has 1 saturated heterocycles. The van der Waals surface area contributed by atoms with E-state index in [0.717, 1.165) is 58.0 Å². The molecule has 0 bridgehead atoms. The minimum Gasteiger partial charge on any atom is -0.493 e. The molecule has 25 heavy (non-hydrogen) atoms. The molecule has 138 valence electrons.